The molecular formula is C19H24ClN3O4. The molecule has 0 N–H and O–H groups in total. The van der Waals surface area contributed by atoms with Crippen LogP contribution in [0, 0.1) is 0 Å². The van der Waals surface area contributed by atoms with Crippen molar-refractivity contribution in [3.8, 4) is 5.88 Å². The van der Waals surface area contributed by atoms with Gasteiger partial charge in [-0.25, -0.2) is 9.78 Å². The molecule has 1 saturated heterocycles. The Balaban J connectivity index is 1.71. The molecule has 0 aromatic carbocycles. The molecule has 2 aromatic heterocycles. The minimum atomic E-state index is -0.687. The summed E-state index contributed by atoms with van der Waals surface area (Å²) in [6, 6.07) is 5.37. The molecule has 0 bridgehead atoms. The van der Waals surface area contributed by atoms with Crippen molar-refractivity contribution in [2.75, 3.05) is 26.3 Å². The fourth-order valence-corrected chi connectivity index (χ4v) is 3.03. The number of carbonyl (C=O) groups is 1. The van der Waals surface area contributed by atoms with Crippen molar-refractivity contribution in [2.24, 2.45) is 0 Å². The SMILES string of the molecule is CC(C)(C)OC(=O)N1CCO[C@@](C)(COc2nc(Cl)cc3ncccc23)C1. The van der Waals surface area contributed by atoms with E-state index >= 15 is 0 Å². The van der Waals surface area contributed by atoms with Gasteiger partial charge in [0.1, 0.15) is 23.0 Å². The third-order valence-corrected chi connectivity index (χ3v) is 4.23. The number of pyridine rings is 2. The van der Waals surface area contributed by atoms with Gasteiger partial charge in [0.05, 0.1) is 24.1 Å². The van der Waals surface area contributed by atoms with Crippen molar-refractivity contribution in [2.45, 2.75) is 38.9 Å². The van der Waals surface area contributed by atoms with Crippen LogP contribution in [0.25, 0.3) is 10.9 Å². The van der Waals surface area contributed by atoms with Crippen molar-refractivity contribution in [3.05, 3.63) is 29.5 Å². The second-order valence-corrected chi connectivity index (χ2v) is 8.20. The van der Waals surface area contributed by atoms with Gasteiger partial charge in [0.15, 0.2) is 0 Å². The third kappa shape index (κ3) is 4.99. The first-order valence-corrected chi connectivity index (χ1v) is 9.19. The van der Waals surface area contributed by atoms with Crippen molar-refractivity contribution in [1.29, 1.82) is 0 Å². The summed E-state index contributed by atoms with van der Waals surface area (Å²) in [5.41, 5.74) is -0.523. The molecule has 1 atom stereocenters. The monoisotopic (exact) mass is 393 g/mol. The van der Waals surface area contributed by atoms with Gasteiger partial charge in [-0.05, 0) is 39.8 Å². The van der Waals surface area contributed by atoms with Crippen LogP contribution in [-0.2, 0) is 9.47 Å². The van der Waals surface area contributed by atoms with Gasteiger partial charge in [0.25, 0.3) is 0 Å². The molecule has 8 heteroatoms. The van der Waals surface area contributed by atoms with Crippen LogP contribution >= 0.6 is 11.6 Å². The maximum atomic E-state index is 12.4. The Labute approximate surface area is 163 Å². The Bertz CT molecular complexity index is 839. The molecule has 3 rings (SSSR count). The van der Waals surface area contributed by atoms with Crippen molar-refractivity contribution in [1.82, 2.24) is 14.9 Å². The third-order valence-electron chi connectivity index (χ3n) is 4.04. The van der Waals surface area contributed by atoms with E-state index in [1.165, 1.54) is 0 Å². The maximum absolute atomic E-state index is 12.4. The van der Waals surface area contributed by atoms with Crippen LogP contribution in [0.5, 0.6) is 5.88 Å². The van der Waals surface area contributed by atoms with Gasteiger partial charge in [-0.3, -0.25) is 4.98 Å². The van der Waals surface area contributed by atoms with E-state index < -0.39 is 11.2 Å². The van der Waals surface area contributed by atoms with E-state index in [4.69, 9.17) is 25.8 Å². The van der Waals surface area contributed by atoms with Crippen LogP contribution < -0.4 is 4.74 Å². The molecule has 1 fully saturated rings. The summed E-state index contributed by atoms with van der Waals surface area (Å²) in [6.07, 6.45) is 1.33. The van der Waals surface area contributed by atoms with Crippen LogP contribution in [0.4, 0.5) is 4.79 Å². The van der Waals surface area contributed by atoms with E-state index in [1.807, 2.05) is 39.8 Å². The van der Waals surface area contributed by atoms with E-state index in [0.717, 1.165) is 5.39 Å². The van der Waals surface area contributed by atoms with E-state index in [9.17, 15) is 4.79 Å². The number of fused-ring (bicyclic) bond motifs is 1. The van der Waals surface area contributed by atoms with Gasteiger partial charge in [0, 0.05) is 18.8 Å². The molecule has 146 valence electrons. The zero-order valence-electron chi connectivity index (χ0n) is 16.0. The van der Waals surface area contributed by atoms with Gasteiger partial charge < -0.3 is 19.1 Å². The molecule has 3 heterocycles. The molecule has 7 nitrogen and oxygen atoms in total. The number of ether oxygens (including phenoxy) is 3. The summed E-state index contributed by atoms with van der Waals surface area (Å²) in [5.74, 6) is 0.393. The quantitative estimate of drug-likeness (QED) is 0.740. The standard InChI is InChI=1S/C19H24ClN3O4/c1-18(2,3)27-17(24)23-8-9-26-19(4,11-23)12-25-16-13-6-5-7-21-14(13)10-15(20)22-16/h5-7,10H,8-9,11-12H2,1-4H3/t19-/m1/s1. The van der Waals surface area contributed by atoms with Crippen LogP contribution in [0.1, 0.15) is 27.7 Å². The van der Waals surface area contributed by atoms with Crippen molar-refractivity contribution in [3.63, 3.8) is 0 Å². The van der Waals surface area contributed by atoms with Gasteiger partial charge in [-0.2, -0.15) is 0 Å². The van der Waals surface area contributed by atoms with E-state index in [2.05, 4.69) is 9.97 Å². The highest BCUT2D eigenvalue weighted by atomic mass is 35.5. The Morgan fingerprint density at radius 1 is 1.44 bits per heavy atom. The van der Waals surface area contributed by atoms with Crippen LogP contribution in [0.2, 0.25) is 5.15 Å². The van der Waals surface area contributed by atoms with Gasteiger partial charge in [0.2, 0.25) is 5.88 Å². The first-order valence-electron chi connectivity index (χ1n) is 8.81. The fraction of sp³-hybridized carbons (Fsp3) is 0.526. The van der Waals surface area contributed by atoms with Gasteiger partial charge >= 0.3 is 6.09 Å². The number of rotatable bonds is 3. The number of morpholine rings is 1. The minimum absolute atomic E-state index is 0.212. The summed E-state index contributed by atoms with van der Waals surface area (Å²) in [7, 11) is 0. The summed E-state index contributed by atoms with van der Waals surface area (Å²) in [6.45, 7) is 8.89. The Hall–Kier alpha value is -2.12. The first kappa shape index (κ1) is 19.6. The van der Waals surface area contributed by atoms with Crippen LogP contribution in [-0.4, -0.2) is 58.5 Å². The molecular weight excluding hydrogens is 370 g/mol. The highest BCUT2D eigenvalue weighted by Crippen LogP contribution is 2.27. The second kappa shape index (κ2) is 7.48. The lowest BCUT2D eigenvalue weighted by atomic mass is 10.1. The number of halogens is 1. The first-order chi connectivity index (χ1) is 12.7. The Morgan fingerprint density at radius 3 is 2.96 bits per heavy atom. The zero-order chi connectivity index (χ0) is 19.7. The molecule has 27 heavy (non-hydrogen) atoms. The maximum Gasteiger partial charge on any atom is 0.410 e. The molecule has 0 aliphatic carbocycles. The Morgan fingerprint density at radius 2 is 2.22 bits per heavy atom. The smallest absolute Gasteiger partial charge is 0.410 e. The molecule has 2 aromatic rings. The lowest BCUT2D eigenvalue weighted by Gasteiger charge is -2.40. The summed E-state index contributed by atoms with van der Waals surface area (Å²) in [5, 5.41) is 1.08. The van der Waals surface area contributed by atoms with E-state index in [-0.39, 0.29) is 12.7 Å². The van der Waals surface area contributed by atoms with Crippen molar-refractivity contribution < 1.29 is 19.0 Å². The fourth-order valence-electron chi connectivity index (χ4n) is 2.85. The summed E-state index contributed by atoms with van der Waals surface area (Å²) >= 11 is 6.07. The van der Waals surface area contributed by atoms with Crippen LogP contribution in [0.15, 0.2) is 24.4 Å². The molecule has 0 saturated carbocycles. The number of amides is 1. The van der Waals surface area contributed by atoms with E-state index in [1.54, 1.807) is 17.2 Å². The summed E-state index contributed by atoms with van der Waals surface area (Å²) < 4.78 is 17.3. The normalized spacial score (nSPS) is 20.6. The highest BCUT2D eigenvalue weighted by molar-refractivity contribution is 6.30. The van der Waals surface area contributed by atoms with E-state index in [0.29, 0.717) is 36.2 Å². The summed E-state index contributed by atoms with van der Waals surface area (Å²) in [4.78, 5) is 22.5. The van der Waals surface area contributed by atoms with Gasteiger partial charge in [-0.15, -0.1) is 0 Å². The number of carbonyl (C=O) groups excluding carboxylic acids is 1. The molecule has 0 spiro atoms. The Kier molecular flexibility index (Phi) is 5.44. The molecule has 0 radical (unpaired) electrons. The predicted molar refractivity (Wildman–Crippen MR) is 102 cm³/mol. The lowest BCUT2D eigenvalue weighted by Crippen LogP contribution is -2.55. The molecule has 1 aliphatic rings. The topological polar surface area (TPSA) is 73.8 Å². The average molecular weight is 394 g/mol. The molecule has 0 unspecified atom stereocenters. The number of nitrogens with zero attached hydrogens (tertiary/aromatic N) is 3. The lowest BCUT2D eigenvalue weighted by molar-refractivity contribution is -0.116. The van der Waals surface area contributed by atoms with Crippen LogP contribution in [0.3, 0.4) is 0 Å². The predicted octanol–water partition coefficient (Wildman–Crippen LogP) is 3.69. The number of hydrogen-bond acceptors (Lipinski definition) is 6. The van der Waals surface area contributed by atoms with Gasteiger partial charge in [-0.1, -0.05) is 11.6 Å². The average Bonchev–Trinajstić information content (AvgIpc) is 2.58. The highest BCUT2D eigenvalue weighted by Gasteiger charge is 2.37. The minimum Gasteiger partial charge on any atom is -0.474 e. The molecule has 1 aliphatic heterocycles. The largest absolute Gasteiger partial charge is 0.474 e. The number of aromatic nitrogens is 2. The molecule has 1 amide bonds. The van der Waals surface area contributed by atoms with Crippen molar-refractivity contribution >= 4 is 28.6 Å². The zero-order valence-corrected chi connectivity index (χ0v) is 16.7. The second-order valence-electron chi connectivity index (χ2n) is 7.81. The number of hydrogen-bond donors (Lipinski definition) is 0.